The molecule has 1 N–H and O–H groups in total. The number of amides is 2. The van der Waals surface area contributed by atoms with Crippen molar-refractivity contribution in [2.45, 2.75) is 25.3 Å². The number of thioether (sulfide) groups is 1. The average Bonchev–Trinajstić information content (AvgIpc) is 3.41. The predicted molar refractivity (Wildman–Crippen MR) is 112 cm³/mol. The van der Waals surface area contributed by atoms with Crippen molar-refractivity contribution in [3.63, 3.8) is 0 Å². The van der Waals surface area contributed by atoms with Crippen LogP contribution in [0.1, 0.15) is 23.1 Å². The summed E-state index contributed by atoms with van der Waals surface area (Å²) in [5.41, 5.74) is 3.79. The van der Waals surface area contributed by atoms with Gasteiger partial charge in [0, 0.05) is 11.4 Å². The minimum absolute atomic E-state index is 0.0833. The Kier molecular flexibility index (Phi) is 5.72. The lowest BCUT2D eigenvalue weighted by molar-refractivity contribution is -0.137. The van der Waals surface area contributed by atoms with Gasteiger partial charge in [-0.2, -0.15) is 5.26 Å². The topological polar surface area (TPSA) is 82.4 Å². The molecule has 4 rings (SSSR count). The normalized spacial score (nSPS) is 17.5. The molecule has 2 aliphatic rings. The molecule has 29 heavy (non-hydrogen) atoms. The molecule has 1 unspecified atom stereocenters. The first kappa shape index (κ1) is 19.3. The molecule has 2 amide bonds. The summed E-state index contributed by atoms with van der Waals surface area (Å²) in [5.74, 6) is 1.29. The molecule has 6 nitrogen and oxygen atoms in total. The van der Waals surface area contributed by atoms with E-state index in [2.05, 4.69) is 11.4 Å². The molecule has 1 fully saturated rings. The maximum Gasteiger partial charge on any atom is 0.261 e. The van der Waals surface area contributed by atoms with Crippen molar-refractivity contribution in [1.82, 2.24) is 4.90 Å². The fraction of sp³-hybridized carbons (Fsp3) is 0.318. The molecule has 1 saturated heterocycles. The second-order valence-electron chi connectivity index (χ2n) is 7.13. The number of aryl methyl sites for hydroxylation is 2. The third kappa shape index (κ3) is 4.38. The molecule has 0 radical (unpaired) electrons. The van der Waals surface area contributed by atoms with Crippen LogP contribution < -0.4 is 10.1 Å². The average molecular weight is 407 g/mol. The molecule has 1 heterocycles. The third-order valence-electron chi connectivity index (χ3n) is 5.22. The van der Waals surface area contributed by atoms with Crippen molar-refractivity contribution >= 4 is 29.3 Å². The van der Waals surface area contributed by atoms with Crippen LogP contribution >= 0.6 is 11.8 Å². The Labute approximate surface area is 173 Å². The number of nitrogens with one attached hydrogen (secondary N) is 1. The lowest BCUT2D eigenvalue weighted by Crippen LogP contribution is -2.46. The molecule has 0 spiro atoms. The van der Waals surface area contributed by atoms with Gasteiger partial charge >= 0.3 is 0 Å². The van der Waals surface area contributed by atoms with Crippen LogP contribution in [0.4, 0.5) is 5.69 Å². The number of fused-ring (bicyclic) bond motifs is 1. The molecular weight excluding hydrogens is 386 g/mol. The molecule has 0 saturated carbocycles. The standard InChI is InChI=1S/C22H21N3O3S/c23-11-15-4-7-18(8-5-15)24-22(27)20-13-29-14-25(20)21(26)12-28-19-9-6-16-2-1-3-17(16)10-19/h4-10,20H,1-3,12-14H2,(H,24,27). The smallest absolute Gasteiger partial charge is 0.261 e. The third-order valence-corrected chi connectivity index (χ3v) is 6.23. The highest BCUT2D eigenvalue weighted by atomic mass is 32.2. The highest BCUT2D eigenvalue weighted by molar-refractivity contribution is 7.99. The van der Waals surface area contributed by atoms with Crippen molar-refractivity contribution in [3.8, 4) is 11.8 Å². The highest BCUT2D eigenvalue weighted by Gasteiger charge is 2.34. The maximum absolute atomic E-state index is 12.7. The highest BCUT2D eigenvalue weighted by Crippen LogP contribution is 2.27. The van der Waals surface area contributed by atoms with Crippen LogP contribution in [0.5, 0.6) is 5.75 Å². The van der Waals surface area contributed by atoms with E-state index in [-0.39, 0.29) is 18.4 Å². The molecular formula is C22H21N3O3S. The van der Waals surface area contributed by atoms with Gasteiger partial charge in [-0.05, 0) is 66.8 Å². The molecule has 1 aliphatic carbocycles. The van der Waals surface area contributed by atoms with Gasteiger partial charge in [0.25, 0.3) is 5.91 Å². The lowest BCUT2D eigenvalue weighted by atomic mass is 10.1. The van der Waals surface area contributed by atoms with E-state index in [4.69, 9.17) is 10.00 Å². The Morgan fingerprint density at radius 2 is 1.97 bits per heavy atom. The van der Waals surface area contributed by atoms with Crippen LogP contribution in [0.3, 0.4) is 0 Å². The molecule has 0 aromatic heterocycles. The summed E-state index contributed by atoms with van der Waals surface area (Å²) in [6, 6.07) is 14.2. The number of hydrogen-bond acceptors (Lipinski definition) is 5. The quantitative estimate of drug-likeness (QED) is 0.824. The van der Waals surface area contributed by atoms with E-state index in [1.165, 1.54) is 17.5 Å². The summed E-state index contributed by atoms with van der Waals surface area (Å²) >= 11 is 1.55. The van der Waals surface area contributed by atoms with E-state index in [0.717, 1.165) is 12.8 Å². The SMILES string of the molecule is N#Cc1ccc(NC(=O)C2CSCN2C(=O)COc2ccc3c(c2)CCC3)cc1. The molecule has 2 aromatic rings. The van der Waals surface area contributed by atoms with E-state index in [1.54, 1.807) is 40.9 Å². The van der Waals surface area contributed by atoms with Crippen molar-refractivity contribution in [1.29, 1.82) is 5.26 Å². The van der Waals surface area contributed by atoms with Gasteiger partial charge in [-0.3, -0.25) is 9.59 Å². The van der Waals surface area contributed by atoms with Crippen molar-refractivity contribution in [2.24, 2.45) is 0 Å². The lowest BCUT2D eigenvalue weighted by Gasteiger charge is -2.23. The van der Waals surface area contributed by atoms with E-state index in [0.29, 0.717) is 28.6 Å². The molecule has 7 heteroatoms. The second-order valence-corrected chi connectivity index (χ2v) is 8.13. The summed E-state index contributed by atoms with van der Waals surface area (Å²) in [4.78, 5) is 26.9. The Hall–Kier alpha value is -2.98. The Morgan fingerprint density at radius 3 is 2.76 bits per heavy atom. The first-order chi connectivity index (χ1) is 14.1. The summed E-state index contributed by atoms with van der Waals surface area (Å²) in [6.07, 6.45) is 3.33. The van der Waals surface area contributed by atoms with Gasteiger partial charge in [0.2, 0.25) is 5.91 Å². The van der Waals surface area contributed by atoms with E-state index in [1.807, 2.05) is 18.2 Å². The summed E-state index contributed by atoms with van der Waals surface area (Å²) in [7, 11) is 0. The van der Waals surface area contributed by atoms with E-state index in [9.17, 15) is 9.59 Å². The van der Waals surface area contributed by atoms with Gasteiger partial charge < -0.3 is 15.0 Å². The van der Waals surface area contributed by atoms with Crippen LogP contribution in [0.25, 0.3) is 0 Å². The zero-order chi connectivity index (χ0) is 20.2. The van der Waals surface area contributed by atoms with Crippen LogP contribution in [-0.4, -0.2) is 41.0 Å². The number of carbonyl (C=O) groups excluding carboxylic acids is 2. The van der Waals surface area contributed by atoms with Crippen LogP contribution in [0.2, 0.25) is 0 Å². The number of rotatable bonds is 5. The summed E-state index contributed by atoms with van der Waals surface area (Å²) in [5, 5.41) is 11.7. The fourth-order valence-corrected chi connectivity index (χ4v) is 4.81. The number of nitrogens with zero attached hydrogens (tertiary/aromatic N) is 2. The minimum atomic E-state index is -0.535. The molecule has 2 aromatic carbocycles. The zero-order valence-corrected chi connectivity index (χ0v) is 16.7. The monoisotopic (exact) mass is 407 g/mol. The van der Waals surface area contributed by atoms with Gasteiger partial charge in [-0.25, -0.2) is 0 Å². The zero-order valence-electron chi connectivity index (χ0n) is 15.9. The van der Waals surface area contributed by atoms with Crippen molar-refractivity contribution < 1.29 is 14.3 Å². The number of carbonyl (C=O) groups is 2. The summed E-state index contributed by atoms with van der Waals surface area (Å²) < 4.78 is 5.71. The Balaban J connectivity index is 1.35. The second kappa shape index (κ2) is 8.58. The van der Waals surface area contributed by atoms with Crippen molar-refractivity contribution in [2.75, 3.05) is 23.6 Å². The number of ether oxygens (including phenoxy) is 1. The van der Waals surface area contributed by atoms with E-state index < -0.39 is 6.04 Å². The van der Waals surface area contributed by atoms with Crippen molar-refractivity contribution in [3.05, 3.63) is 59.2 Å². The van der Waals surface area contributed by atoms with Crippen LogP contribution in [0.15, 0.2) is 42.5 Å². The van der Waals surface area contributed by atoms with Gasteiger partial charge in [0.1, 0.15) is 11.8 Å². The number of benzene rings is 2. The van der Waals surface area contributed by atoms with Gasteiger partial charge in [0.15, 0.2) is 6.61 Å². The molecule has 148 valence electrons. The first-order valence-electron chi connectivity index (χ1n) is 9.57. The van der Waals surface area contributed by atoms with Gasteiger partial charge in [0.05, 0.1) is 17.5 Å². The summed E-state index contributed by atoms with van der Waals surface area (Å²) in [6.45, 7) is -0.0833. The van der Waals surface area contributed by atoms with Crippen LogP contribution in [0, 0.1) is 11.3 Å². The largest absolute Gasteiger partial charge is 0.484 e. The predicted octanol–water partition coefficient (Wildman–Crippen LogP) is 2.97. The fourth-order valence-electron chi connectivity index (χ4n) is 3.63. The Morgan fingerprint density at radius 1 is 1.17 bits per heavy atom. The number of hydrogen-bond donors (Lipinski definition) is 1. The minimum Gasteiger partial charge on any atom is -0.484 e. The van der Waals surface area contributed by atoms with Crippen LogP contribution in [-0.2, 0) is 22.4 Å². The number of anilines is 1. The Bertz CT molecular complexity index is 968. The van der Waals surface area contributed by atoms with E-state index >= 15 is 0 Å². The first-order valence-corrected chi connectivity index (χ1v) is 10.7. The maximum atomic E-state index is 12.7. The van der Waals surface area contributed by atoms with Gasteiger partial charge in [-0.1, -0.05) is 6.07 Å². The molecule has 0 bridgehead atoms. The number of nitriles is 1. The molecule has 1 atom stereocenters. The molecule has 1 aliphatic heterocycles. The van der Waals surface area contributed by atoms with Gasteiger partial charge in [-0.15, -0.1) is 11.8 Å².